The smallest absolute Gasteiger partial charge is 0.277 e. The lowest BCUT2D eigenvalue weighted by Gasteiger charge is -2.20. The molecule has 3 rings (SSSR count). The largest absolute Gasteiger partial charge is 0.495 e. The Hall–Kier alpha value is -2.51. The molecule has 2 aromatic carbocycles. The van der Waals surface area contributed by atoms with Gasteiger partial charge in [0.25, 0.3) is 5.22 Å². The van der Waals surface area contributed by atoms with Crippen LogP contribution >= 0.6 is 23.4 Å². The molecular formula is C21H22ClN3O3S. The van der Waals surface area contributed by atoms with E-state index < -0.39 is 0 Å². The number of ketones is 1. The van der Waals surface area contributed by atoms with Gasteiger partial charge in [0.1, 0.15) is 5.75 Å². The minimum absolute atomic E-state index is 0.0807. The number of carbonyl (C=O) groups is 1. The van der Waals surface area contributed by atoms with Gasteiger partial charge >= 0.3 is 0 Å². The van der Waals surface area contributed by atoms with Gasteiger partial charge in [-0.05, 0) is 56.3 Å². The molecule has 0 N–H and O–H groups in total. The first-order chi connectivity index (χ1) is 14.0. The van der Waals surface area contributed by atoms with E-state index in [0.717, 1.165) is 24.3 Å². The predicted molar refractivity (Wildman–Crippen MR) is 116 cm³/mol. The van der Waals surface area contributed by atoms with Crippen molar-refractivity contribution in [3.05, 3.63) is 53.1 Å². The highest BCUT2D eigenvalue weighted by Gasteiger charge is 2.14. The third kappa shape index (κ3) is 5.10. The van der Waals surface area contributed by atoms with Gasteiger partial charge in [0.2, 0.25) is 5.89 Å². The van der Waals surface area contributed by atoms with Crippen LogP contribution in [0.5, 0.6) is 5.75 Å². The van der Waals surface area contributed by atoms with Crippen LogP contribution in [0.3, 0.4) is 0 Å². The first-order valence-corrected chi connectivity index (χ1v) is 10.6. The van der Waals surface area contributed by atoms with E-state index in [1.807, 2.05) is 24.3 Å². The summed E-state index contributed by atoms with van der Waals surface area (Å²) in [6, 6.07) is 12.9. The number of benzene rings is 2. The van der Waals surface area contributed by atoms with Crippen molar-refractivity contribution in [2.45, 2.75) is 19.1 Å². The van der Waals surface area contributed by atoms with E-state index in [1.165, 1.54) is 18.9 Å². The Morgan fingerprint density at radius 3 is 2.48 bits per heavy atom. The van der Waals surface area contributed by atoms with Crippen LogP contribution in [0, 0.1) is 0 Å². The monoisotopic (exact) mass is 431 g/mol. The Balaban J connectivity index is 1.63. The summed E-state index contributed by atoms with van der Waals surface area (Å²) in [5.74, 6) is 1.05. The summed E-state index contributed by atoms with van der Waals surface area (Å²) in [5.41, 5.74) is 2.50. The molecule has 0 saturated heterocycles. The van der Waals surface area contributed by atoms with E-state index in [4.69, 9.17) is 20.8 Å². The number of halogens is 1. The standard InChI is InChI=1S/C21H22ClN3O3S/c1-4-25(5-2)16-9-6-14(7-10-16)20-23-24-21(28-20)29-13-18(26)15-8-11-19(27-3)17(22)12-15/h6-12H,4-5,13H2,1-3H3. The van der Waals surface area contributed by atoms with Crippen LogP contribution in [0.25, 0.3) is 11.5 Å². The highest BCUT2D eigenvalue weighted by molar-refractivity contribution is 7.99. The van der Waals surface area contributed by atoms with Gasteiger partial charge in [0.15, 0.2) is 5.78 Å². The molecule has 0 aliphatic carbocycles. The van der Waals surface area contributed by atoms with Gasteiger partial charge in [-0.15, -0.1) is 10.2 Å². The molecule has 0 saturated carbocycles. The van der Waals surface area contributed by atoms with Crippen LogP contribution in [0.1, 0.15) is 24.2 Å². The number of rotatable bonds is 9. The van der Waals surface area contributed by atoms with E-state index >= 15 is 0 Å². The number of hydrogen-bond acceptors (Lipinski definition) is 7. The maximum atomic E-state index is 12.4. The van der Waals surface area contributed by atoms with Crippen molar-refractivity contribution in [1.29, 1.82) is 0 Å². The molecule has 152 valence electrons. The van der Waals surface area contributed by atoms with Crippen LogP contribution in [-0.4, -0.2) is 41.9 Å². The second kappa shape index (κ2) is 9.80. The molecule has 1 heterocycles. The van der Waals surface area contributed by atoms with Gasteiger partial charge in [-0.1, -0.05) is 23.4 Å². The lowest BCUT2D eigenvalue weighted by atomic mass is 10.1. The average Bonchev–Trinajstić information content (AvgIpc) is 3.22. The molecule has 0 atom stereocenters. The second-order valence-corrected chi connectivity index (χ2v) is 7.49. The first-order valence-electron chi connectivity index (χ1n) is 9.24. The summed E-state index contributed by atoms with van der Waals surface area (Å²) in [6.07, 6.45) is 0. The van der Waals surface area contributed by atoms with Crippen molar-refractivity contribution in [3.8, 4) is 17.2 Å². The molecule has 0 spiro atoms. The number of ether oxygens (including phenoxy) is 1. The van der Waals surface area contributed by atoms with Crippen molar-refractivity contribution in [1.82, 2.24) is 10.2 Å². The van der Waals surface area contributed by atoms with Crippen LogP contribution < -0.4 is 9.64 Å². The maximum absolute atomic E-state index is 12.4. The minimum atomic E-state index is -0.0807. The molecule has 8 heteroatoms. The number of anilines is 1. The van der Waals surface area contributed by atoms with Crippen molar-refractivity contribution in [2.24, 2.45) is 0 Å². The van der Waals surface area contributed by atoms with Gasteiger partial charge < -0.3 is 14.1 Å². The minimum Gasteiger partial charge on any atom is -0.495 e. The van der Waals surface area contributed by atoms with E-state index in [0.29, 0.717) is 27.4 Å². The van der Waals surface area contributed by atoms with Crippen LogP contribution in [0.4, 0.5) is 5.69 Å². The van der Waals surface area contributed by atoms with Gasteiger partial charge in [0.05, 0.1) is 17.9 Å². The van der Waals surface area contributed by atoms with Gasteiger partial charge in [-0.3, -0.25) is 4.79 Å². The highest BCUT2D eigenvalue weighted by atomic mass is 35.5. The van der Waals surface area contributed by atoms with Gasteiger partial charge in [0, 0.05) is 29.9 Å². The summed E-state index contributed by atoms with van der Waals surface area (Å²) < 4.78 is 10.8. The molecule has 0 aliphatic heterocycles. The number of carbonyl (C=O) groups excluding carboxylic acids is 1. The van der Waals surface area contributed by atoms with E-state index in [9.17, 15) is 4.79 Å². The molecule has 6 nitrogen and oxygen atoms in total. The second-order valence-electron chi connectivity index (χ2n) is 6.15. The topological polar surface area (TPSA) is 68.5 Å². The summed E-state index contributed by atoms with van der Waals surface area (Å²) in [7, 11) is 1.53. The summed E-state index contributed by atoms with van der Waals surface area (Å²) in [4.78, 5) is 14.6. The zero-order valence-corrected chi connectivity index (χ0v) is 18.1. The maximum Gasteiger partial charge on any atom is 0.277 e. The fraction of sp³-hybridized carbons (Fsp3) is 0.286. The molecule has 1 aromatic heterocycles. The lowest BCUT2D eigenvalue weighted by molar-refractivity contribution is 0.102. The van der Waals surface area contributed by atoms with Crippen molar-refractivity contribution in [3.63, 3.8) is 0 Å². The lowest BCUT2D eigenvalue weighted by Crippen LogP contribution is -2.21. The Morgan fingerprint density at radius 1 is 1.14 bits per heavy atom. The first kappa shape index (κ1) is 21.2. The fourth-order valence-corrected chi connectivity index (χ4v) is 3.75. The Labute approximate surface area is 179 Å². The molecule has 29 heavy (non-hydrogen) atoms. The zero-order valence-electron chi connectivity index (χ0n) is 16.5. The predicted octanol–water partition coefficient (Wildman–Crippen LogP) is 5.22. The molecular weight excluding hydrogens is 410 g/mol. The Bertz CT molecular complexity index is 972. The third-order valence-corrected chi connectivity index (χ3v) is 5.56. The van der Waals surface area contributed by atoms with Gasteiger partial charge in [-0.2, -0.15) is 0 Å². The average molecular weight is 432 g/mol. The van der Waals surface area contributed by atoms with Crippen molar-refractivity contribution in [2.75, 3.05) is 30.9 Å². The zero-order chi connectivity index (χ0) is 20.8. The Morgan fingerprint density at radius 2 is 1.86 bits per heavy atom. The molecule has 0 unspecified atom stereocenters. The Kier molecular flexibility index (Phi) is 7.17. The van der Waals surface area contributed by atoms with E-state index in [1.54, 1.807) is 18.2 Å². The third-order valence-electron chi connectivity index (χ3n) is 4.45. The number of thioether (sulfide) groups is 1. The van der Waals surface area contributed by atoms with Gasteiger partial charge in [-0.25, -0.2) is 0 Å². The number of aromatic nitrogens is 2. The highest BCUT2D eigenvalue weighted by Crippen LogP contribution is 2.28. The molecule has 3 aromatic rings. The quantitative estimate of drug-likeness (QED) is 0.340. The number of hydrogen-bond donors (Lipinski definition) is 0. The van der Waals surface area contributed by atoms with Crippen LogP contribution in [0.2, 0.25) is 5.02 Å². The SMILES string of the molecule is CCN(CC)c1ccc(-c2nnc(SCC(=O)c3ccc(OC)c(Cl)c3)o2)cc1. The molecule has 0 bridgehead atoms. The van der Waals surface area contributed by atoms with Crippen LogP contribution in [0.15, 0.2) is 52.1 Å². The molecule has 0 aliphatic rings. The number of Topliss-reactive ketones (excluding diaryl/α,β-unsaturated/α-hetero) is 1. The number of methoxy groups -OCH3 is 1. The summed E-state index contributed by atoms with van der Waals surface area (Å²) in [6.45, 7) is 6.15. The van der Waals surface area contributed by atoms with Crippen molar-refractivity contribution < 1.29 is 13.9 Å². The summed E-state index contributed by atoms with van der Waals surface area (Å²) in [5, 5.41) is 8.87. The molecule has 0 fully saturated rings. The fourth-order valence-electron chi connectivity index (χ4n) is 2.84. The summed E-state index contributed by atoms with van der Waals surface area (Å²) >= 11 is 7.28. The van der Waals surface area contributed by atoms with Crippen molar-refractivity contribution >= 4 is 34.8 Å². The normalized spacial score (nSPS) is 10.8. The number of nitrogens with zero attached hydrogens (tertiary/aromatic N) is 3. The molecule has 0 radical (unpaired) electrons. The van der Waals surface area contributed by atoms with E-state index in [2.05, 4.69) is 28.9 Å². The molecule has 0 amide bonds. The van der Waals surface area contributed by atoms with E-state index in [-0.39, 0.29) is 11.5 Å². The van der Waals surface area contributed by atoms with Crippen LogP contribution in [-0.2, 0) is 0 Å².